The van der Waals surface area contributed by atoms with Crippen molar-refractivity contribution in [3.63, 3.8) is 0 Å². The van der Waals surface area contributed by atoms with Crippen molar-refractivity contribution in [2.45, 2.75) is 10.1 Å². The molecular formula is C10H9N5OS3. The van der Waals surface area contributed by atoms with Crippen LogP contribution in [0.3, 0.4) is 0 Å². The molecule has 0 saturated carbocycles. The molecular weight excluding hydrogens is 302 g/mol. The number of anilines is 1. The Morgan fingerprint density at radius 2 is 2.37 bits per heavy atom. The van der Waals surface area contributed by atoms with Crippen LogP contribution in [0.1, 0.15) is 5.69 Å². The van der Waals surface area contributed by atoms with Gasteiger partial charge in [-0.05, 0) is 0 Å². The summed E-state index contributed by atoms with van der Waals surface area (Å²) >= 11 is 4.46. The van der Waals surface area contributed by atoms with E-state index in [1.807, 2.05) is 12.4 Å². The second-order valence-corrected chi connectivity index (χ2v) is 6.63. The summed E-state index contributed by atoms with van der Waals surface area (Å²) in [6, 6.07) is 1.56. The van der Waals surface area contributed by atoms with E-state index >= 15 is 0 Å². The molecule has 3 aromatic rings. The number of aromatic nitrogens is 4. The first-order chi connectivity index (χ1) is 9.26. The minimum Gasteiger partial charge on any atom is -0.363 e. The number of thiazole rings is 1. The van der Waals surface area contributed by atoms with Gasteiger partial charge in [-0.2, -0.15) is 0 Å². The monoisotopic (exact) mass is 311 g/mol. The van der Waals surface area contributed by atoms with Gasteiger partial charge in [-0.3, -0.25) is 9.20 Å². The highest BCUT2D eigenvalue weighted by Gasteiger charge is 2.07. The van der Waals surface area contributed by atoms with Crippen molar-refractivity contribution in [3.8, 4) is 0 Å². The first-order valence-corrected chi connectivity index (χ1v) is 8.04. The molecule has 0 unspecified atom stereocenters. The predicted octanol–water partition coefficient (Wildman–Crippen LogP) is 1.94. The average Bonchev–Trinajstić information content (AvgIpc) is 3.05. The molecule has 0 amide bonds. The summed E-state index contributed by atoms with van der Waals surface area (Å²) in [5.41, 5.74) is 0.716. The van der Waals surface area contributed by atoms with Crippen LogP contribution in [-0.2, 0) is 5.75 Å². The van der Waals surface area contributed by atoms with Crippen molar-refractivity contribution in [1.29, 1.82) is 0 Å². The zero-order valence-electron chi connectivity index (χ0n) is 9.86. The minimum atomic E-state index is -0.0463. The topological polar surface area (TPSA) is 72.2 Å². The molecule has 0 atom stereocenters. The van der Waals surface area contributed by atoms with Crippen molar-refractivity contribution in [3.05, 3.63) is 33.7 Å². The summed E-state index contributed by atoms with van der Waals surface area (Å²) in [7, 11) is 1.81. The van der Waals surface area contributed by atoms with Gasteiger partial charge in [0.2, 0.25) is 5.13 Å². The second kappa shape index (κ2) is 5.27. The van der Waals surface area contributed by atoms with Crippen LogP contribution in [0.5, 0.6) is 0 Å². The molecule has 0 bridgehead atoms. The smallest absolute Gasteiger partial charge is 0.258 e. The van der Waals surface area contributed by atoms with Gasteiger partial charge in [0, 0.05) is 30.4 Å². The minimum absolute atomic E-state index is 0.0463. The van der Waals surface area contributed by atoms with Gasteiger partial charge >= 0.3 is 0 Å². The van der Waals surface area contributed by atoms with Crippen molar-refractivity contribution < 1.29 is 0 Å². The molecule has 19 heavy (non-hydrogen) atoms. The number of rotatable bonds is 4. The Morgan fingerprint density at radius 3 is 3.16 bits per heavy atom. The first kappa shape index (κ1) is 12.6. The summed E-state index contributed by atoms with van der Waals surface area (Å²) in [5, 5.41) is 13.6. The van der Waals surface area contributed by atoms with Crippen LogP contribution in [0.2, 0.25) is 0 Å². The van der Waals surface area contributed by atoms with Gasteiger partial charge < -0.3 is 5.32 Å². The van der Waals surface area contributed by atoms with Gasteiger partial charge in [0.05, 0.1) is 5.69 Å². The number of hydrogen-bond donors (Lipinski definition) is 1. The maximum Gasteiger partial charge on any atom is 0.258 e. The highest BCUT2D eigenvalue weighted by Crippen LogP contribution is 2.27. The Labute approximate surface area is 120 Å². The standard InChI is InChI=1S/C10H9N5OS3/c1-11-8-13-14-10(19-8)18-5-6-4-7(16)15-2-3-17-9(15)12-6/h2-4H,5H2,1H3,(H,11,13). The molecule has 0 aliphatic rings. The first-order valence-electron chi connectivity index (χ1n) is 5.36. The molecule has 3 heterocycles. The SMILES string of the molecule is CNc1nnc(SCc2cc(=O)n3ccsc3n2)s1. The number of nitrogens with one attached hydrogen (secondary N) is 1. The third kappa shape index (κ3) is 2.62. The Morgan fingerprint density at radius 1 is 1.47 bits per heavy atom. The van der Waals surface area contributed by atoms with E-state index in [4.69, 9.17) is 0 Å². The van der Waals surface area contributed by atoms with Crippen LogP contribution in [0.25, 0.3) is 4.96 Å². The van der Waals surface area contributed by atoms with Crippen LogP contribution in [-0.4, -0.2) is 26.6 Å². The molecule has 1 N–H and O–H groups in total. The van der Waals surface area contributed by atoms with Gasteiger partial charge in [0.15, 0.2) is 9.30 Å². The van der Waals surface area contributed by atoms with Gasteiger partial charge in [-0.25, -0.2) is 4.98 Å². The molecule has 6 nitrogen and oxygen atoms in total. The van der Waals surface area contributed by atoms with Crippen molar-refractivity contribution >= 4 is 44.5 Å². The lowest BCUT2D eigenvalue weighted by molar-refractivity contribution is 1.01. The third-order valence-electron chi connectivity index (χ3n) is 2.32. The number of fused-ring (bicyclic) bond motifs is 1. The lowest BCUT2D eigenvalue weighted by Crippen LogP contribution is -2.12. The highest BCUT2D eigenvalue weighted by atomic mass is 32.2. The molecule has 0 aliphatic carbocycles. The molecule has 0 saturated heterocycles. The van der Waals surface area contributed by atoms with Crippen LogP contribution in [0, 0.1) is 0 Å². The molecule has 0 spiro atoms. The van der Waals surface area contributed by atoms with E-state index in [-0.39, 0.29) is 5.56 Å². The van der Waals surface area contributed by atoms with E-state index in [0.29, 0.717) is 5.75 Å². The fourth-order valence-electron chi connectivity index (χ4n) is 1.47. The van der Waals surface area contributed by atoms with Crippen LogP contribution in [0.15, 0.2) is 26.8 Å². The Balaban J connectivity index is 1.79. The molecule has 0 radical (unpaired) electrons. The largest absolute Gasteiger partial charge is 0.363 e. The fourth-order valence-corrected chi connectivity index (χ4v) is 3.80. The van der Waals surface area contributed by atoms with Crippen LogP contribution >= 0.6 is 34.4 Å². The van der Waals surface area contributed by atoms with E-state index in [2.05, 4.69) is 20.5 Å². The molecule has 3 aromatic heterocycles. The van der Waals surface area contributed by atoms with Crippen LogP contribution < -0.4 is 10.9 Å². The summed E-state index contributed by atoms with van der Waals surface area (Å²) in [4.78, 5) is 17.0. The normalized spacial score (nSPS) is 11.0. The molecule has 98 valence electrons. The van der Waals surface area contributed by atoms with E-state index in [9.17, 15) is 4.79 Å². The zero-order valence-corrected chi connectivity index (χ0v) is 12.3. The van der Waals surface area contributed by atoms with Gasteiger partial charge in [-0.1, -0.05) is 23.1 Å². The van der Waals surface area contributed by atoms with E-state index < -0.39 is 0 Å². The maximum atomic E-state index is 11.8. The second-order valence-electron chi connectivity index (χ2n) is 3.55. The zero-order chi connectivity index (χ0) is 13.2. The Bertz CT molecular complexity index is 762. The number of hydrogen-bond acceptors (Lipinski definition) is 8. The molecule has 3 rings (SSSR count). The Hall–Kier alpha value is -1.45. The summed E-state index contributed by atoms with van der Waals surface area (Å²) < 4.78 is 2.40. The van der Waals surface area contributed by atoms with E-state index in [1.54, 1.807) is 16.7 Å². The lowest BCUT2D eigenvalue weighted by atomic mass is 10.4. The van der Waals surface area contributed by atoms with Crippen molar-refractivity contribution in [2.75, 3.05) is 12.4 Å². The molecule has 0 fully saturated rings. The quantitative estimate of drug-likeness (QED) is 0.742. The number of nitrogens with zero attached hydrogens (tertiary/aromatic N) is 4. The van der Waals surface area contributed by atoms with E-state index in [0.717, 1.165) is 20.1 Å². The Kier molecular flexibility index (Phi) is 3.49. The maximum absolute atomic E-state index is 11.8. The van der Waals surface area contributed by atoms with Crippen LogP contribution in [0.4, 0.5) is 5.13 Å². The summed E-state index contributed by atoms with van der Waals surface area (Å²) in [6.45, 7) is 0. The van der Waals surface area contributed by atoms with Crippen molar-refractivity contribution in [1.82, 2.24) is 19.6 Å². The molecule has 9 heteroatoms. The highest BCUT2D eigenvalue weighted by molar-refractivity contribution is 8.00. The van der Waals surface area contributed by atoms with Gasteiger partial charge in [0.1, 0.15) is 0 Å². The fraction of sp³-hybridized carbons (Fsp3) is 0.200. The molecule has 0 aliphatic heterocycles. The van der Waals surface area contributed by atoms with Crippen molar-refractivity contribution in [2.24, 2.45) is 0 Å². The van der Waals surface area contributed by atoms with Gasteiger partial charge in [-0.15, -0.1) is 21.5 Å². The van der Waals surface area contributed by atoms with E-state index in [1.165, 1.54) is 34.4 Å². The predicted molar refractivity (Wildman–Crippen MR) is 78.4 cm³/mol. The summed E-state index contributed by atoms with van der Waals surface area (Å²) in [6.07, 6.45) is 1.73. The summed E-state index contributed by atoms with van der Waals surface area (Å²) in [5.74, 6) is 0.613. The molecule has 0 aromatic carbocycles. The third-order valence-corrected chi connectivity index (χ3v) is 5.18. The average molecular weight is 311 g/mol. The lowest BCUT2D eigenvalue weighted by Gasteiger charge is -1.98. The number of thioether (sulfide) groups is 1. The van der Waals surface area contributed by atoms with Gasteiger partial charge in [0.25, 0.3) is 5.56 Å².